The monoisotopic (exact) mass is 360 g/mol. The number of nitrogens with one attached hydrogen (secondary N) is 2. The molecule has 1 rings (SSSR count). The number of likely N-dealkylation sites (tertiary alicyclic amines) is 1. The second kappa shape index (κ2) is 9.04. The molecule has 142 valence electrons. The first-order chi connectivity index (χ1) is 11.1. The maximum atomic E-state index is 12.2. The molecular formula is C17H36N4O2S. The summed E-state index contributed by atoms with van der Waals surface area (Å²) < 4.78 is 23.6. The number of hydrogen-bond donors (Lipinski definition) is 2. The number of rotatable bonds is 6. The Kier molecular flexibility index (Phi) is 7.99. The Morgan fingerprint density at radius 2 is 1.83 bits per heavy atom. The van der Waals surface area contributed by atoms with Gasteiger partial charge < -0.3 is 15.5 Å². The molecule has 2 N–H and O–H groups in total. The molecule has 0 atom stereocenters. The fraction of sp³-hybridized carbons (Fsp3) is 0.941. The Morgan fingerprint density at radius 3 is 2.29 bits per heavy atom. The maximum Gasteiger partial charge on any atom is 0.191 e. The van der Waals surface area contributed by atoms with Crippen LogP contribution in [0.5, 0.6) is 0 Å². The molecule has 0 radical (unpaired) electrons. The van der Waals surface area contributed by atoms with E-state index in [0.29, 0.717) is 18.6 Å². The highest BCUT2D eigenvalue weighted by molar-refractivity contribution is 7.92. The smallest absolute Gasteiger partial charge is 0.191 e. The average molecular weight is 361 g/mol. The Hall–Kier alpha value is -0.820. The minimum absolute atomic E-state index is 0.0822. The minimum atomic E-state index is -3.13. The van der Waals surface area contributed by atoms with Crippen molar-refractivity contribution in [2.75, 3.05) is 31.9 Å². The zero-order valence-electron chi connectivity index (χ0n) is 16.2. The first-order valence-corrected chi connectivity index (χ1v) is 10.7. The molecule has 0 aromatic rings. The normalized spacial score (nSPS) is 18.9. The summed E-state index contributed by atoms with van der Waals surface area (Å²) in [4.78, 5) is 6.95. The Bertz CT molecular complexity index is 501. The fourth-order valence-corrected chi connectivity index (χ4v) is 3.60. The molecule has 0 saturated carbocycles. The van der Waals surface area contributed by atoms with Crippen molar-refractivity contribution >= 4 is 15.8 Å². The van der Waals surface area contributed by atoms with Crippen molar-refractivity contribution in [2.24, 2.45) is 4.99 Å². The largest absolute Gasteiger partial charge is 0.357 e. The summed E-state index contributed by atoms with van der Waals surface area (Å²) in [6, 6.07) is 0.993. The maximum absolute atomic E-state index is 12.2. The fourth-order valence-electron chi connectivity index (χ4n) is 2.66. The third kappa shape index (κ3) is 6.59. The van der Waals surface area contributed by atoms with Gasteiger partial charge in [0.15, 0.2) is 15.8 Å². The molecule has 0 aliphatic carbocycles. The molecule has 0 unspecified atom stereocenters. The first-order valence-electron chi connectivity index (χ1n) is 9.08. The molecule has 0 amide bonds. The highest BCUT2D eigenvalue weighted by Crippen LogP contribution is 2.16. The van der Waals surface area contributed by atoms with Crippen LogP contribution in [0.25, 0.3) is 0 Å². The van der Waals surface area contributed by atoms with E-state index in [2.05, 4.69) is 34.4 Å². The second-order valence-electron chi connectivity index (χ2n) is 7.74. The molecule has 6 nitrogen and oxygen atoms in total. The van der Waals surface area contributed by atoms with E-state index < -0.39 is 14.6 Å². The standard InChI is InChI=1S/C17H36N4O2S/c1-7-18-16(19-10-13-24(22,23)17(4,5)6)20-15-8-11-21(12-9-15)14(2)3/h14-15H,7-13H2,1-6H3,(H2,18,19,20). The molecule has 24 heavy (non-hydrogen) atoms. The van der Waals surface area contributed by atoms with Crippen LogP contribution in [0.4, 0.5) is 0 Å². The summed E-state index contributed by atoms with van der Waals surface area (Å²) in [5.41, 5.74) is 0. The quantitative estimate of drug-likeness (QED) is 0.556. The van der Waals surface area contributed by atoms with Gasteiger partial charge in [-0.2, -0.15) is 0 Å². The number of aliphatic imine (C=N–C) groups is 1. The van der Waals surface area contributed by atoms with Crippen molar-refractivity contribution in [1.82, 2.24) is 15.5 Å². The lowest BCUT2D eigenvalue weighted by atomic mass is 10.0. The summed E-state index contributed by atoms with van der Waals surface area (Å²) in [6.45, 7) is 14.9. The lowest BCUT2D eigenvalue weighted by Gasteiger charge is -2.35. The second-order valence-corrected chi connectivity index (χ2v) is 10.6. The van der Waals surface area contributed by atoms with Gasteiger partial charge in [0, 0.05) is 31.7 Å². The summed E-state index contributed by atoms with van der Waals surface area (Å²) >= 11 is 0. The summed E-state index contributed by atoms with van der Waals surface area (Å²) in [5, 5.41) is 6.68. The molecule has 0 bridgehead atoms. The predicted octanol–water partition coefficient (Wildman–Crippen LogP) is 1.63. The number of piperidine rings is 1. The zero-order valence-corrected chi connectivity index (χ0v) is 17.0. The molecular weight excluding hydrogens is 324 g/mol. The van der Waals surface area contributed by atoms with Crippen LogP contribution in [-0.4, -0.2) is 68.0 Å². The Labute approximate surface area is 148 Å². The van der Waals surface area contributed by atoms with Crippen LogP contribution in [0.3, 0.4) is 0 Å². The van der Waals surface area contributed by atoms with E-state index in [9.17, 15) is 8.42 Å². The van der Waals surface area contributed by atoms with Crippen LogP contribution >= 0.6 is 0 Å². The minimum Gasteiger partial charge on any atom is -0.357 e. The number of guanidine groups is 1. The summed E-state index contributed by atoms with van der Waals surface area (Å²) in [5.74, 6) is 0.809. The van der Waals surface area contributed by atoms with Gasteiger partial charge >= 0.3 is 0 Å². The summed E-state index contributed by atoms with van der Waals surface area (Å²) in [6.07, 6.45) is 2.17. The van der Waals surface area contributed by atoms with Crippen LogP contribution in [0.1, 0.15) is 54.4 Å². The van der Waals surface area contributed by atoms with E-state index in [1.54, 1.807) is 20.8 Å². The van der Waals surface area contributed by atoms with Crippen molar-refractivity contribution in [3.8, 4) is 0 Å². The van der Waals surface area contributed by atoms with Crippen molar-refractivity contribution in [2.45, 2.75) is 71.2 Å². The van der Waals surface area contributed by atoms with Gasteiger partial charge in [-0.15, -0.1) is 0 Å². The SMILES string of the molecule is CCNC(=NCCS(=O)(=O)C(C)(C)C)NC1CCN(C(C)C)CC1. The molecule has 1 saturated heterocycles. The Balaban J connectivity index is 2.55. The predicted molar refractivity (Wildman–Crippen MR) is 102 cm³/mol. The third-order valence-corrected chi connectivity index (χ3v) is 7.09. The highest BCUT2D eigenvalue weighted by Gasteiger charge is 2.28. The third-order valence-electron chi connectivity index (χ3n) is 4.51. The lowest BCUT2D eigenvalue weighted by molar-refractivity contribution is 0.167. The first kappa shape index (κ1) is 21.2. The van der Waals surface area contributed by atoms with Crippen LogP contribution < -0.4 is 10.6 Å². The van der Waals surface area contributed by atoms with Crippen LogP contribution in [0.2, 0.25) is 0 Å². The van der Waals surface area contributed by atoms with E-state index in [-0.39, 0.29) is 5.75 Å². The van der Waals surface area contributed by atoms with Crippen LogP contribution in [0, 0.1) is 0 Å². The van der Waals surface area contributed by atoms with E-state index in [0.717, 1.165) is 38.4 Å². The Morgan fingerprint density at radius 1 is 1.25 bits per heavy atom. The van der Waals surface area contributed by atoms with Crippen molar-refractivity contribution in [1.29, 1.82) is 0 Å². The van der Waals surface area contributed by atoms with Gasteiger partial charge in [0.05, 0.1) is 17.0 Å². The van der Waals surface area contributed by atoms with Gasteiger partial charge in [-0.1, -0.05) is 0 Å². The van der Waals surface area contributed by atoms with Crippen LogP contribution in [-0.2, 0) is 9.84 Å². The van der Waals surface area contributed by atoms with Crippen LogP contribution in [0.15, 0.2) is 4.99 Å². The molecule has 0 aromatic carbocycles. The number of nitrogens with zero attached hydrogens (tertiary/aromatic N) is 2. The van der Waals surface area contributed by atoms with E-state index in [1.165, 1.54) is 0 Å². The van der Waals surface area contributed by atoms with Gasteiger partial charge in [-0.05, 0) is 54.4 Å². The van der Waals surface area contributed by atoms with Gasteiger partial charge in [-0.3, -0.25) is 4.99 Å². The van der Waals surface area contributed by atoms with Crippen molar-refractivity contribution < 1.29 is 8.42 Å². The average Bonchev–Trinajstić information content (AvgIpc) is 2.46. The van der Waals surface area contributed by atoms with E-state index in [1.807, 2.05) is 6.92 Å². The summed E-state index contributed by atoms with van der Waals surface area (Å²) in [7, 11) is -3.13. The number of sulfone groups is 1. The van der Waals surface area contributed by atoms with Crippen molar-refractivity contribution in [3.63, 3.8) is 0 Å². The molecule has 7 heteroatoms. The zero-order chi connectivity index (χ0) is 18.4. The molecule has 1 heterocycles. The lowest BCUT2D eigenvalue weighted by Crippen LogP contribution is -2.50. The molecule has 0 aromatic heterocycles. The molecule has 0 spiro atoms. The van der Waals surface area contributed by atoms with Gasteiger partial charge in [0.25, 0.3) is 0 Å². The molecule has 1 aliphatic heterocycles. The molecule has 1 aliphatic rings. The number of hydrogen-bond acceptors (Lipinski definition) is 4. The van der Waals surface area contributed by atoms with Gasteiger partial charge in [0.1, 0.15) is 0 Å². The molecule has 1 fully saturated rings. The van der Waals surface area contributed by atoms with Crippen molar-refractivity contribution in [3.05, 3.63) is 0 Å². The van der Waals surface area contributed by atoms with E-state index >= 15 is 0 Å². The highest BCUT2D eigenvalue weighted by atomic mass is 32.2. The topological polar surface area (TPSA) is 73.8 Å². The van der Waals surface area contributed by atoms with Gasteiger partial charge in [0.2, 0.25) is 0 Å². The van der Waals surface area contributed by atoms with E-state index in [4.69, 9.17) is 0 Å². The van der Waals surface area contributed by atoms with Gasteiger partial charge in [-0.25, -0.2) is 8.42 Å².